The average molecular weight is 283 g/mol. The molecule has 0 unspecified atom stereocenters. The second kappa shape index (κ2) is 6.01. The Morgan fingerprint density at radius 1 is 1.33 bits per heavy atom. The van der Waals surface area contributed by atoms with E-state index in [1.165, 1.54) is 0 Å². The van der Waals surface area contributed by atoms with Crippen LogP contribution in [0, 0.1) is 0 Å². The highest BCUT2D eigenvalue weighted by Gasteiger charge is 2.21. The average Bonchev–Trinajstić information content (AvgIpc) is 2.93. The van der Waals surface area contributed by atoms with Crippen molar-refractivity contribution in [3.63, 3.8) is 0 Å². The van der Waals surface area contributed by atoms with Crippen LogP contribution in [0.15, 0.2) is 36.5 Å². The molecule has 2 aromatic heterocycles. The maximum atomic E-state index is 10.8. The van der Waals surface area contributed by atoms with Crippen molar-refractivity contribution in [1.82, 2.24) is 14.9 Å². The largest absolute Gasteiger partial charge is 0.473 e. The van der Waals surface area contributed by atoms with Gasteiger partial charge in [0.25, 0.3) is 0 Å². The first-order valence-electron chi connectivity index (χ1n) is 6.98. The Labute approximate surface area is 123 Å². The minimum atomic E-state index is 0.187. The smallest absolute Gasteiger partial charge is 0.214 e. The molecular formula is C16H17N3O2. The molecule has 0 amide bonds. The minimum absolute atomic E-state index is 0.187. The second-order valence-electron chi connectivity index (χ2n) is 5.24. The van der Waals surface area contributed by atoms with Crippen LogP contribution in [0.2, 0.25) is 0 Å². The van der Waals surface area contributed by atoms with E-state index in [1.807, 2.05) is 18.2 Å². The summed E-state index contributed by atoms with van der Waals surface area (Å²) in [7, 11) is 2.09. The molecule has 5 heteroatoms. The molecule has 1 fully saturated rings. The lowest BCUT2D eigenvalue weighted by Crippen LogP contribution is -2.21. The fraction of sp³-hybridized carbons (Fsp3) is 0.312. The van der Waals surface area contributed by atoms with Crippen LogP contribution >= 0.6 is 0 Å². The van der Waals surface area contributed by atoms with E-state index >= 15 is 0 Å². The summed E-state index contributed by atoms with van der Waals surface area (Å²) in [6, 6.07) is 9.01. The lowest BCUT2D eigenvalue weighted by atomic mass is 10.2. The molecule has 0 saturated carbocycles. The molecule has 0 N–H and O–H groups in total. The number of pyridine rings is 2. The van der Waals surface area contributed by atoms with Crippen LogP contribution in [0.1, 0.15) is 16.8 Å². The van der Waals surface area contributed by atoms with Crippen LogP contribution in [0.3, 0.4) is 0 Å². The molecule has 0 aromatic carbocycles. The Hall–Kier alpha value is -2.27. The monoisotopic (exact) mass is 283 g/mol. The lowest BCUT2D eigenvalue weighted by molar-refractivity contribution is 0.112. The summed E-state index contributed by atoms with van der Waals surface area (Å²) in [5.74, 6) is 0.603. The zero-order valence-corrected chi connectivity index (χ0v) is 11.9. The van der Waals surface area contributed by atoms with Crippen molar-refractivity contribution >= 4 is 6.29 Å². The van der Waals surface area contributed by atoms with E-state index in [2.05, 4.69) is 21.9 Å². The maximum Gasteiger partial charge on any atom is 0.214 e. The Balaban J connectivity index is 1.80. The minimum Gasteiger partial charge on any atom is -0.473 e. The van der Waals surface area contributed by atoms with E-state index in [4.69, 9.17) is 4.74 Å². The number of likely N-dealkylation sites (N-methyl/N-ethyl adjacent to an activating group) is 1. The highest BCUT2D eigenvalue weighted by Crippen LogP contribution is 2.20. The number of nitrogens with zero attached hydrogens (tertiary/aromatic N) is 3. The molecule has 0 spiro atoms. The van der Waals surface area contributed by atoms with Gasteiger partial charge in [0, 0.05) is 30.9 Å². The molecule has 3 heterocycles. The molecule has 0 aliphatic carbocycles. The van der Waals surface area contributed by atoms with Crippen LogP contribution in [-0.2, 0) is 0 Å². The normalized spacial score (nSPS) is 18.6. The highest BCUT2D eigenvalue weighted by molar-refractivity contribution is 5.76. The number of carbonyl (C=O) groups is 1. The van der Waals surface area contributed by atoms with E-state index in [1.54, 1.807) is 18.3 Å². The Morgan fingerprint density at radius 2 is 2.24 bits per heavy atom. The van der Waals surface area contributed by atoms with Crippen LogP contribution in [0.5, 0.6) is 5.88 Å². The Bertz CT molecular complexity index is 645. The maximum absolute atomic E-state index is 10.8. The van der Waals surface area contributed by atoms with E-state index in [0.29, 0.717) is 22.8 Å². The van der Waals surface area contributed by atoms with Crippen molar-refractivity contribution in [1.29, 1.82) is 0 Å². The number of ether oxygens (including phenoxy) is 1. The first kappa shape index (κ1) is 13.7. The van der Waals surface area contributed by atoms with Gasteiger partial charge in [-0.1, -0.05) is 6.07 Å². The molecule has 21 heavy (non-hydrogen) atoms. The molecule has 1 atom stereocenters. The standard InChI is InChI=1S/C16H17N3O2/c1-19-8-6-13(10-19)21-16-4-2-3-14(18-16)15-9-12(11-20)5-7-17-15/h2-5,7,9,11,13H,6,8,10H2,1H3/t13-/m0/s1. The van der Waals surface area contributed by atoms with Gasteiger partial charge < -0.3 is 9.64 Å². The van der Waals surface area contributed by atoms with Gasteiger partial charge in [-0.25, -0.2) is 4.98 Å². The van der Waals surface area contributed by atoms with Crippen molar-refractivity contribution < 1.29 is 9.53 Å². The van der Waals surface area contributed by atoms with Crippen molar-refractivity contribution in [2.45, 2.75) is 12.5 Å². The summed E-state index contributed by atoms with van der Waals surface area (Å²) in [5, 5.41) is 0. The molecule has 0 radical (unpaired) electrons. The third kappa shape index (κ3) is 3.25. The van der Waals surface area contributed by atoms with Gasteiger partial charge in [0.2, 0.25) is 5.88 Å². The van der Waals surface area contributed by atoms with Gasteiger partial charge in [0.1, 0.15) is 12.4 Å². The summed E-state index contributed by atoms with van der Waals surface area (Å²) in [6.45, 7) is 1.97. The van der Waals surface area contributed by atoms with Gasteiger partial charge in [-0.15, -0.1) is 0 Å². The summed E-state index contributed by atoms with van der Waals surface area (Å²) >= 11 is 0. The second-order valence-corrected chi connectivity index (χ2v) is 5.24. The molecule has 2 aromatic rings. The van der Waals surface area contributed by atoms with E-state index in [-0.39, 0.29) is 6.10 Å². The summed E-state index contributed by atoms with van der Waals surface area (Å²) in [5.41, 5.74) is 1.97. The first-order chi connectivity index (χ1) is 10.2. The van der Waals surface area contributed by atoms with Crippen LogP contribution in [0.25, 0.3) is 11.4 Å². The summed E-state index contributed by atoms with van der Waals surface area (Å²) in [4.78, 5) is 21.8. The molecule has 108 valence electrons. The topological polar surface area (TPSA) is 55.3 Å². The Morgan fingerprint density at radius 3 is 3.00 bits per heavy atom. The first-order valence-corrected chi connectivity index (χ1v) is 6.98. The van der Waals surface area contributed by atoms with Gasteiger partial charge in [0.15, 0.2) is 0 Å². The summed E-state index contributed by atoms with van der Waals surface area (Å²) < 4.78 is 5.91. The van der Waals surface area contributed by atoms with Crippen molar-refractivity contribution in [2.75, 3.05) is 20.1 Å². The number of hydrogen-bond donors (Lipinski definition) is 0. The quantitative estimate of drug-likeness (QED) is 0.804. The number of rotatable bonds is 4. The molecule has 1 aliphatic rings. The molecule has 1 saturated heterocycles. The predicted octanol–water partition coefficient (Wildman–Crippen LogP) is 2.04. The zero-order chi connectivity index (χ0) is 14.7. The number of hydrogen-bond acceptors (Lipinski definition) is 5. The number of aromatic nitrogens is 2. The van der Waals surface area contributed by atoms with Crippen LogP contribution in [0.4, 0.5) is 0 Å². The molecule has 0 bridgehead atoms. The zero-order valence-electron chi connectivity index (χ0n) is 11.9. The van der Waals surface area contributed by atoms with E-state index in [0.717, 1.165) is 25.8 Å². The predicted molar refractivity (Wildman–Crippen MR) is 79.4 cm³/mol. The lowest BCUT2D eigenvalue weighted by Gasteiger charge is -2.13. The van der Waals surface area contributed by atoms with E-state index < -0.39 is 0 Å². The van der Waals surface area contributed by atoms with Gasteiger partial charge in [-0.3, -0.25) is 9.78 Å². The fourth-order valence-electron chi connectivity index (χ4n) is 2.44. The van der Waals surface area contributed by atoms with Crippen LogP contribution < -0.4 is 4.74 Å². The van der Waals surface area contributed by atoms with Crippen molar-refractivity contribution in [2.24, 2.45) is 0 Å². The van der Waals surface area contributed by atoms with E-state index in [9.17, 15) is 4.79 Å². The van der Waals surface area contributed by atoms with Crippen molar-refractivity contribution in [3.05, 3.63) is 42.1 Å². The highest BCUT2D eigenvalue weighted by atomic mass is 16.5. The SMILES string of the molecule is CN1CC[C@H](Oc2cccc(-c3cc(C=O)ccn3)n2)C1. The number of aldehydes is 1. The third-order valence-electron chi connectivity index (χ3n) is 3.54. The van der Waals surface area contributed by atoms with Crippen molar-refractivity contribution in [3.8, 4) is 17.3 Å². The molecule has 1 aliphatic heterocycles. The van der Waals surface area contributed by atoms with Gasteiger partial charge in [-0.2, -0.15) is 0 Å². The Kier molecular flexibility index (Phi) is 3.92. The number of carbonyl (C=O) groups excluding carboxylic acids is 1. The van der Waals surface area contributed by atoms with Crippen LogP contribution in [-0.4, -0.2) is 47.4 Å². The van der Waals surface area contributed by atoms with Gasteiger partial charge >= 0.3 is 0 Å². The molecule has 3 rings (SSSR count). The van der Waals surface area contributed by atoms with Gasteiger partial charge in [-0.05, 0) is 31.7 Å². The van der Waals surface area contributed by atoms with Gasteiger partial charge in [0.05, 0.1) is 11.4 Å². The number of likely N-dealkylation sites (tertiary alicyclic amines) is 1. The summed E-state index contributed by atoms with van der Waals surface area (Å²) in [6.07, 6.45) is 3.62. The molecular weight excluding hydrogens is 266 g/mol. The molecule has 5 nitrogen and oxygen atoms in total. The fourth-order valence-corrected chi connectivity index (χ4v) is 2.44. The third-order valence-corrected chi connectivity index (χ3v) is 3.54.